The molecular formula is C15H17N5O3S2. The molecule has 0 aliphatic carbocycles. The van der Waals surface area contributed by atoms with Gasteiger partial charge in [-0.15, -0.1) is 11.3 Å². The largest absolute Gasteiger partial charge is 0.387 e. The van der Waals surface area contributed by atoms with Gasteiger partial charge in [0.2, 0.25) is 0 Å². The molecule has 0 radical (unpaired) electrons. The fourth-order valence-electron chi connectivity index (χ4n) is 2.82. The standard InChI is InChI=1S/C15H17N5O3S2/c16-13-10-14(18-6-17-13)20(7-19-10)15-12(22)11(21)9(23-15)5-24-4-8-2-1-3-25-8/h1-3,6-7,9,11-12,15,21-22H,4-5H2,(H2,16,17,18)/t9-,11-,12+,15-/m0/s1. The van der Waals surface area contributed by atoms with Crippen LogP contribution in [0, 0.1) is 0 Å². The van der Waals surface area contributed by atoms with Gasteiger partial charge in [0.25, 0.3) is 0 Å². The summed E-state index contributed by atoms with van der Waals surface area (Å²) in [4.78, 5) is 13.5. The van der Waals surface area contributed by atoms with Gasteiger partial charge in [-0.3, -0.25) is 4.57 Å². The number of aliphatic hydroxyl groups excluding tert-OH is 2. The molecule has 0 aromatic carbocycles. The first-order valence-electron chi connectivity index (χ1n) is 7.70. The first kappa shape index (κ1) is 16.7. The Morgan fingerprint density at radius 2 is 2.16 bits per heavy atom. The summed E-state index contributed by atoms with van der Waals surface area (Å²) < 4.78 is 7.49. The molecule has 8 nitrogen and oxygen atoms in total. The van der Waals surface area contributed by atoms with Gasteiger partial charge in [-0.2, -0.15) is 11.8 Å². The molecule has 132 valence electrons. The highest BCUT2D eigenvalue weighted by molar-refractivity contribution is 7.98. The van der Waals surface area contributed by atoms with Gasteiger partial charge in [0, 0.05) is 16.4 Å². The van der Waals surface area contributed by atoms with Gasteiger partial charge >= 0.3 is 0 Å². The molecule has 4 rings (SSSR count). The van der Waals surface area contributed by atoms with Crippen molar-refractivity contribution in [1.82, 2.24) is 19.5 Å². The maximum atomic E-state index is 10.4. The second-order valence-electron chi connectivity index (χ2n) is 5.72. The second-order valence-corrected chi connectivity index (χ2v) is 7.79. The highest BCUT2D eigenvalue weighted by atomic mass is 32.2. The molecule has 0 bridgehead atoms. The smallest absolute Gasteiger partial charge is 0.167 e. The van der Waals surface area contributed by atoms with Crippen LogP contribution in [0.3, 0.4) is 0 Å². The van der Waals surface area contributed by atoms with Crippen molar-refractivity contribution in [3.63, 3.8) is 0 Å². The Bertz CT molecular complexity index is 856. The maximum absolute atomic E-state index is 10.4. The molecule has 4 atom stereocenters. The van der Waals surface area contributed by atoms with Gasteiger partial charge in [0.05, 0.1) is 12.4 Å². The molecule has 4 heterocycles. The molecule has 3 aromatic rings. The molecule has 1 saturated heterocycles. The Morgan fingerprint density at radius 1 is 1.28 bits per heavy atom. The van der Waals surface area contributed by atoms with Gasteiger partial charge in [0.15, 0.2) is 17.7 Å². The second kappa shape index (κ2) is 6.89. The van der Waals surface area contributed by atoms with Crippen LogP contribution in [-0.2, 0) is 10.5 Å². The van der Waals surface area contributed by atoms with E-state index in [4.69, 9.17) is 10.5 Å². The first-order chi connectivity index (χ1) is 12.1. The minimum absolute atomic E-state index is 0.264. The SMILES string of the molecule is Nc1ncnc2c1ncn2[C@H]1O[C@@H](CSCc2cccs2)[C@H](O)[C@H]1O. The van der Waals surface area contributed by atoms with E-state index in [1.807, 2.05) is 11.4 Å². The number of hydrogen-bond donors (Lipinski definition) is 3. The number of hydrogen-bond acceptors (Lipinski definition) is 9. The molecule has 1 aliphatic heterocycles. The summed E-state index contributed by atoms with van der Waals surface area (Å²) in [5.41, 5.74) is 6.70. The monoisotopic (exact) mass is 379 g/mol. The lowest BCUT2D eigenvalue weighted by Crippen LogP contribution is -2.32. The van der Waals surface area contributed by atoms with Crippen molar-refractivity contribution in [3.8, 4) is 0 Å². The van der Waals surface area contributed by atoms with Crippen LogP contribution in [0.25, 0.3) is 11.2 Å². The quantitative estimate of drug-likeness (QED) is 0.601. The van der Waals surface area contributed by atoms with Crippen LogP contribution < -0.4 is 5.73 Å². The topological polar surface area (TPSA) is 119 Å². The lowest BCUT2D eigenvalue weighted by Gasteiger charge is -2.16. The summed E-state index contributed by atoms with van der Waals surface area (Å²) in [6.07, 6.45) is -0.443. The van der Waals surface area contributed by atoms with E-state index in [1.54, 1.807) is 27.7 Å². The zero-order valence-electron chi connectivity index (χ0n) is 13.1. The van der Waals surface area contributed by atoms with E-state index in [0.717, 1.165) is 5.75 Å². The van der Waals surface area contributed by atoms with Crippen molar-refractivity contribution in [2.75, 3.05) is 11.5 Å². The van der Waals surface area contributed by atoms with Gasteiger partial charge in [-0.1, -0.05) is 6.07 Å². The van der Waals surface area contributed by atoms with Crippen LogP contribution in [0.2, 0.25) is 0 Å². The zero-order valence-corrected chi connectivity index (χ0v) is 14.7. The third-order valence-corrected chi connectivity index (χ3v) is 6.24. The summed E-state index contributed by atoms with van der Waals surface area (Å²) in [5.74, 6) is 1.69. The normalized spacial score (nSPS) is 26.5. The van der Waals surface area contributed by atoms with E-state index in [9.17, 15) is 10.2 Å². The lowest BCUT2D eigenvalue weighted by atomic mass is 10.1. The molecule has 1 aliphatic rings. The fraction of sp³-hybridized carbons (Fsp3) is 0.400. The van der Waals surface area contributed by atoms with Crippen LogP contribution in [-0.4, -0.2) is 53.8 Å². The third kappa shape index (κ3) is 3.11. The Morgan fingerprint density at radius 3 is 2.96 bits per heavy atom. The first-order valence-corrected chi connectivity index (χ1v) is 9.73. The van der Waals surface area contributed by atoms with E-state index in [0.29, 0.717) is 16.9 Å². The van der Waals surface area contributed by atoms with Crippen molar-refractivity contribution in [1.29, 1.82) is 0 Å². The number of aliphatic hydroxyl groups is 2. The number of anilines is 1. The molecule has 25 heavy (non-hydrogen) atoms. The van der Waals surface area contributed by atoms with Crippen LogP contribution in [0.1, 0.15) is 11.1 Å². The number of imidazole rings is 1. The van der Waals surface area contributed by atoms with Crippen LogP contribution in [0.4, 0.5) is 5.82 Å². The van der Waals surface area contributed by atoms with Gasteiger partial charge < -0.3 is 20.7 Å². The predicted molar refractivity (Wildman–Crippen MR) is 96.1 cm³/mol. The number of nitrogens with two attached hydrogens (primary N) is 1. The summed E-state index contributed by atoms with van der Waals surface area (Å²) in [7, 11) is 0. The number of nitrogens with zero attached hydrogens (tertiary/aromatic N) is 4. The highest BCUT2D eigenvalue weighted by Gasteiger charge is 2.44. The van der Waals surface area contributed by atoms with E-state index in [2.05, 4.69) is 21.0 Å². The Kier molecular flexibility index (Phi) is 4.61. The summed E-state index contributed by atoms with van der Waals surface area (Å²) >= 11 is 3.36. The lowest BCUT2D eigenvalue weighted by molar-refractivity contribution is -0.0289. The summed E-state index contributed by atoms with van der Waals surface area (Å²) in [6.45, 7) is 0. The van der Waals surface area contributed by atoms with Crippen molar-refractivity contribution >= 4 is 40.1 Å². The van der Waals surface area contributed by atoms with Gasteiger partial charge in [-0.05, 0) is 11.4 Å². The number of ether oxygens (including phenoxy) is 1. The third-order valence-electron chi connectivity index (χ3n) is 4.10. The molecule has 1 fully saturated rings. The fourth-order valence-corrected chi connectivity index (χ4v) is 4.76. The van der Waals surface area contributed by atoms with Gasteiger partial charge in [-0.25, -0.2) is 15.0 Å². The zero-order chi connectivity index (χ0) is 17.4. The molecule has 0 spiro atoms. The molecular weight excluding hydrogens is 362 g/mol. The van der Waals surface area contributed by atoms with E-state index >= 15 is 0 Å². The van der Waals surface area contributed by atoms with Crippen LogP contribution >= 0.6 is 23.1 Å². The molecule has 0 saturated carbocycles. The van der Waals surface area contributed by atoms with E-state index in [-0.39, 0.29) is 5.82 Å². The Labute approximate surface area is 151 Å². The average Bonchev–Trinajstić information content (AvgIpc) is 3.32. The van der Waals surface area contributed by atoms with Crippen LogP contribution in [0.5, 0.6) is 0 Å². The van der Waals surface area contributed by atoms with E-state index < -0.39 is 24.5 Å². The number of aromatic nitrogens is 4. The summed E-state index contributed by atoms with van der Waals surface area (Å²) in [6, 6.07) is 4.09. The molecule has 0 unspecified atom stereocenters. The highest BCUT2D eigenvalue weighted by Crippen LogP contribution is 2.33. The van der Waals surface area contributed by atoms with Crippen molar-refractivity contribution < 1.29 is 14.9 Å². The number of thioether (sulfide) groups is 1. The minimum atomic E-state index is -1.07. The molecule has 0 amide bonds. The number of nitrogen functional groups attached to an aromatic ring is 1. The van der Waals surface area contributed by atoms with Crippen molar-refractivity contribution in [2.24, 2.45) is 0 Å². The molecule has 4 N–H and O–H groups in total. The Hall–Kier alpha value is -1.72. The molecule has 3 aromatic heterocycles. The number of thiophene rings is 1. The van der Waals surface area contributed by atoms with Gasteiger partial charge in [0.1, 0.15) is 24.1 Å². The Balaban J connectivity index is 1.48. The minimum Gasteiger partial charge on any atom is -0.387 e. The molecule has 10 heteroatoms. The predicted octanol–water partition coefficient (Wildman–Crippen LogP) is 1.02. The van der Waals surface area contributed by atoms with E-state index in [1.165, 1.54) is 17.5 Å². The van der Waals surface area contributed by atoms with Crippen molar-refractivity contribution in [2.45, 2.75) is 30.3 Å². The average molecular weight is 379 g/mol. The van der Waals surface area contributed by atoms with Crippen LogP contribution in [0.15, 0.2) is 30.2 Å². The number of fused-ring (bicyclic) bond motifs is 1. The van der Waals surface area contributed by atoms with Crippen molar-refractivity contribution in [3.05, 3.63) is 35.0 Å². The maximum Gasteiger partial charge on any atom is 0.167 e. The number of rotatable bonds is 5. The summed E-state index contributed by atoms with van der Waals surface area (Å²) in [5, 5.41) is 22.8.